The van der Waals surface area contributed by atoms with Gasteiger partial charge in [-0.3, -0.25) is 19.3 Å². The summed E-state index contributed by atoms with van der Waals surface area (Å²) in [5.41, 5.74) is 2.17. The summed E-state index contributed by atoms with van der Waals surface area (Å²) in [6.07, 6.45) is 4.89. The molecule has 0 saturated carbocycles. The Hall–Kier alpha value is -2.57. The minimum Gasteiger partial charge on any atom is -0.358 e. The quantitative estimate of drug-likeness (QED) is 0.765. The first-order valence-electron chi connectivity index (χ1n) is 11.1. The van der Waals surface area contributed by atoms with Crippen LogP contribution in [0.25, 0.3) is 0 Å². The molecule has 0 unspecified atom stereocenters. The Labute approximate surface area is 178 Å². The summed E-state index contributed by atoms with van der Waals surface area (Å²) in [4.78, 5) is 46.2. The first kappa shape index (κ1) is 20.7. The van der Waals surface area contributed by atoms with Gasteiger partial charge in [0.15, 0.2) is 0 Å². The number of nitrogens with zero attached hydrogens (tertiary/aromatic N) is 4. The maximum atomic E-state index is 13.4. The lowest BCUT2D eigenvalue weighted by Gasteiger charge is -2.45. The van der Waals surface area contributed by atoms with Gasteiger partial charge in [-0.1, -0.05) is 6.92 Å². The first-order valence-corrected chi connectivity index (χ1v) is 11.1. The molecular formula is C23H32N4O3. The molecule has 0 aromatic heterocycles. The molecule has 7 heteroatoms. The van der Waals surface area contributed by atoms with Crippen LogP contribution < -0.4 is 9.80 Å². The van der Waals surface area contributed by atoms with E-state index in [1.165, 1.54) is 4.90 Å². The van der Waals surface area contributed by atoms with Crippen molar-refractivity contribution in [3.8, 4) is 0 Å². The number of fused-ring (bicyclic) bond motifs is 3. The summed E-state index contributed by atoms with van der Waals surface area (Å²) in [5.74, 6) is 0.509. The highest BCUT2D eigenvalue weighted by atomic mass is 16.2. The van der Waals surface area contributed by atoms with Crippen LogP contribution in [0.2, 0.25) is 0 Å². The minimum atomic E-state index is -0.212. The highest BCUT2D eigenvalue weighted by molar-refractivity contribution is 6.09. The lowest BCUT2D eigenvalue weighted by Crippen LogP contribution is -2.57. The van der Waals surface area contributed by atoms with Crippen LogP contribution in [-0.2, 0) is 9.59 Å². The first-order chi connectivity index (χ1) is 14.4. The molecule has 0 bridgehead atoms. The number of hydrogen-bond acceptors (Lipinski definition) is 4. The molecule has 0 N–H and O–H groups in total. The van der Waals surface area contributed by atoms with E-state index in [0.29, 0.717) is 17.2 Å². The van der Waals surface area contributed by atoms with Crippen molar-refractivity contribution in [2.45, 2.75) is 45.1 Å². The predicted octanol–water partition coefficient (Wildman–Crippen LogP) is 2.35. The van der Waals surface area contributed by atoms with Crippen LogP contribution in [0.3, 0.4) is 0 Å². The van der Waals surface area contributed by atoms with E-state index in [2.05, 4.69) is 11.8 Å². The lowest BCUT2D eigenvalue weighted by molar-refractivity contribution is -0.133. The van der Waals surface area contributed by atoms with Gasteiger partial charge in [0.2, 0.25) is 11.8 Å². The van der Waals surface area contributed by atoms with E-state index in [1.807, 2.05) is 17.0 Å². The molecular weight excluding hydrogens is 380 g/mol. The molecule has 0 aliphatic carbocycles. The van der Waals surface area contributed by atoms with Crippen LogP contribution >= 0.6 is 0 Å². The third-order valence-electron chi connectivity index (χ3n) is 6.71. The minimum absolute atomic E-state index is 0.00482. The number of likely N-dealkylation sites (tertiary alicyclic amines) is 1. The Morgan fingerprint density at radius 1 is 1.03 bits per heavy atom. The molecule has 7 nitrogen and oxygen atoms in total. The fourth-order valence-electron chi connectivity index (χ4n) is 4.81. The Bertz CT molecular complexity index is 845. The average molecular weight is 413 g/mol. The van der Waals surface area contributed by atoms with Gasteiger partial charge in [-0.05, 0) is 56.2 Å². The van der Waals surface area contributed by atoms with Gasteiger partial charge in [0, 0.05) is 39.3 Å². The van der Waals surface area contributed by atoms with E-state index in [9.17, 15) is 14.4 Å². The zero-order chi connectivity index (χ0) is 21.4. The molecule has 1 aromatic carbocycles. The summed E-state index contributed by atoms with van der Waals surface area (Å²) in [5, 5.41) is 0. The Kier molecular flexibility index (Phi) is 5.71. The second-order valence-electron chi connectivity index (χ2n) is 9.10. The van der Waals surface area contributed by atoms with Crippen molar-refractivity contribution in [1.82, 2.24) is 9.80 Å². The molecule has 0 spiro atoms. The average Bonchev–Trinajstić information content (AvgIpc) is 2.76. The van der Waals surface area contributed by atoms with Gasteiger partial charge in [0.1, 0.15) is 12.6 Å². The fraction of sp³-hybridized carbons (Fsp3) is 0.609. The molecule has 1 atom stereocenters. The molecule has 1 aromatic rings. The zero-order valence-electron chi connectivity index (χ0n) is 18.3. The number of benzene rings is 1. The largest absolute Gasteiger partial charge is 0.358 e. The van der Waals surface area contributed by atoms with E-state index in [0.717, 1.165) is 57.4 Å². The summed E-state index contributed by atoms with van der Waals surface area (Å²) in [7, 11) is 3.43. The third-order valence-corrected chi connectivity index (χ3v) is 6.71. The normalized spacial score (nSPS) is 21.9. The summed E-state index contributed by atoms with van der Waals surface area (Å²) >= 11 is 0. The van der Waals surface area contributed by atoms with E-state index in [1.54, 1.807) is 25.1 Å². The van der Waals surface area contributed by atoms with Crippen molar-refractivity contribution in [3.63, 3.8) is 0 Å². The topological polar surface area (TPSA) is 64.2 Å². The lowest BCUT2D eigenvalue weighted by atomic mass is 9.95. The predicted molar refractivity (Wildman–Crippen MR) is 117 cm³/mol. The number of carbonyl (C=O) groups excluding carboxylic acids is 3. The van der Waals surface area contributed by atoms with E-state index in [4.69, 9.17) is 0 Å². The molecule has 2 fully saturated rings. The van der Waals surface area contributed by atoms with E-state index < -0.39 is 0 Å². The SMILES string of the molecule is CC1CCN(C(=O)CN2C(=O)[C@H]3CCCCN3c3ccc(C(=O)N(C)C)cc32)CC1. The maximum absolute atomic E-state index is 13.4. The number of anilines is 2. The molecule has 162 valence electrons. The van der Waals surface area contributed by atoms with Crippen LogP contribution in [0.5, 0.6) is 0 Å². The number of rotatable bonds is 3. The number of piperidine rings is 2. The molecule has 2 saturated heterocycles. The molecule has 3 amide bonds. The van der Waals surface area contributed by atoms with Gasteiger partial charge in [0.05, 0.1) is 11.4 Å². The van der Waals surface area contributed by atoms with Crippen LogP contribution in [0.15, 0.2) is 18.2 Å². The van der Waals surface area contributed by atoms with Crippen molar-refractivity contribution in [3.05, 3.63) is 23.8 Å². The monoisotopic (exact) mass is 412 g/mol. The molecule has 3 aliphatic rings. The summed E-state index contributed by atoms with van der Waals surface area (Å²) in [6, 6.07) is 5.34. The highest BCUT2D eigenvalue weighted by Crippen LogP contribution is 2.40. The summed E-state index contributed by atoms with van der Waals surface area (Å²) < 4.78 is 0. The second kappa shape index (κ2) is 8.28. The molecule has 0 radical (unpaired) electrons. The number of amides is 3. The van der Waals surface area contributed by atoms with Gasteiger partial charge in [-0.15, -0.1) is 0 Å². The standard InChI is InChI=1S/C23H32N4O3/c1-16-9-12-25(13-10-16)21(28)15-27-20-14-17(22(29)24(2)3)7-8-18(20)26-11-5-4-6-19(26)23(27)30/h7-8,14,16,19H,4-6,9-13,15H2,1-3H3/t19-/m1/s1. The van der Waals surface area contributed by atoms with E-state index in [-0.39, 0.29) is 30.3 Å². The molecule has 3 heterocycles. The maximum Gasteiger partial charge on any atom is 0.253 e. The van der Waals surface area contributed by atoms with E-state index >= 15 is 0 Å². The molecule has 30 heavy (non-hydrogen) atoms. The summed E-state index contributed by atoms with van der Waals surface area (Å²) in [6.45, 7) is 4.60. The highest BCUT2D eigenvalue weighted by Gasteiger charge is 2.40. The van der Waals surface area contributed by atoms with Crippen molar-refractivity contribution in [2.75, 3.05) is 50.1 Å². The fourth-order valence-corrected chi connectivity index (χ4v) is 4.81. The van der Waals surface area contributed by atoms with Crippen molar-refractivity contribution in [2.24, 2.45) is 5.92 Å². The van der Waals surface area contributed by atoms with Crippen LogP contribution in [0.4, 0.5) is 11.4 Å². The van der Waals surface area contributed by atoms with Crippen LogP contribution in [0, 0.1) is 5.92 Å². The number of carbonyl (C=O) groups is 3. The zero-order valence-corrected chi connectivity index (χ0v) is 18.3. The number of hydrogen-bond donors (Lipinski definition) is 0. The molecule has 4 rings (SSSR count). The Balaban J connectivity index is 1.66. The van der Waals surface area contributed by atoms with Gasteiger partial charge in [-0.25, -0.2) is 0 Å². The van der Waals surface area contributed by atoms with Crippen LogP contribution in [0.1, 0.15) is 49.4 Å². The smallest absolute Gasteiger partial charge is 0.253 e. The van der Waals surface area contributed by atoms with Gasteiger partial charge < -0.3 is 14.7 Å². The molecule has 3 aliphatic heterocycles. The van der Waals surface area contributed by atoms with Crippen molar-refractivity contribution >= 4 is 29.1 Å². The van der Waals surface area contributed by atoms with Crippen molar-refractivity contribution in [1.29, 1.82) is 0 Å². The Morgan fingerprint density at radius 2 is 1.77 bits per heavy atom. The second-order valence-corrected chi connectivity index (χ2v) is 9.10. The third kappa shape index (κ3) is 3.77. The van der Waals surface area contributed by atoms with Gasteiger partial charge >= 0.3 is 0 Å². The Morgan fingerprint density at radius 3 is 2.47 bits per heavy atom. The van der Waals surface area contributed by atoms with Gasteiger partial charge in [0.25, 0.3) is 5.91 Å². The van der Waals surface area contributed by atoms with Gasteiger partial charge in [-0.2, -0.15) is 0 Å². The van der Waals surface area contributed by atoms with Crippen LogP contribution in [-0.4, -0.2) is 73.8 Å². The van der Waals surface area contributed by atoms with Crippen molar-refractivity contribution < 1.29 is 14.4 Å².